The number of ether oxygens (including phenoxy) is 1. The van der Waals surface area contributed by atoms with Crippen molar-refractivity contribution in [2.24, 2.45) is 0 Å². The normalized spacial score (nSPS) is 10.5. The maximum Gasteiger partial charge on any atom is 0.326 e. The van der Waals surface area contributed by atoms with E-state index in [1.54, 1.807) is 30.4 Å². The van der Waals surface area contributed by atoms with E-state index in [2.05, 4.69) is 20.1 Å². The summed E-state index contributed by atoms with van der Waals surface area (Å²) in [5.41, 5.74) is 1.99. The van der Waals surface area contributed by atoms with Gasteiger partial charge in [-0.05, 0) is 13.0 Å². The molecule has 3 rings (SSSR count). The van der Waals surface area contributed by atoms with Gasteiger partial charge in [0.1, 0.15) is 6.54 Å². The molecule has 0 aliphatic carbocycles. The van der Waals surface area contributed by atoms with Gasteiger partial charge in [0, 0.05) is 25.0 Å². The lowest BCUT2D eigenvalue weighted by molar-refractivity contribution is -0.144. The summed E-state index contributed by atoms with van der Waals surface area (Å²) < 4.78 is 10.3. The number of hydrogen-bond acceptors (Lipinski definition) is 8. The molecule has 0 atom stereocenters. The van der Waals surface area contributed by atoms with Crippen molar-refractivity contribution >= 4 is 11.9 Å². The molecule has 0 unspecified atom stereocenters. The maximum absolute atomic E-state index is 11.9. The zero-order valence-corrected chi connectivity index (χ0v) is 13.9. The first-order valence-corrected chi connectivity index (χ1v) is 7.65. The number of anilines is 1. The zero-order chi connectivity index (χ0) is 17.6. The Morgan fingerprint density at radius 2 is 1.92 bits per heavy atom. The van der Waals surface area contributed by atoms with E-state index in [9.17, 15) is 4.79 Å². The average molecular weight is 339 g/mol. The molecule has 8 heteroatoms. The molecule has 0 fully saturated rings. The van der Waals surface area contributed by atoms with Crippen LogP contribution in [0.5, 0.6) is 0 Å². The summed E-state index contributed by atoms with van der Waals surface area (Å²) in [7, 11) is 1.71. The largest absolute Gasteiger partial charge is 0.454 e. The molecule has 0 saturated carbocycles. The van der Waals surface area contributed by atoms with Crippen LogP contribution in [0.4, 0.5) is 5.95 Å². The van der Waals surface area contributed by atoms with E-state index in [4.69, 9.17) is 9.26 Å². The molecule has 0 amide bonds. The molecule has 0 N–H and O–H groups in total. The molecular formula is C17H17N5O3. The molecule has 25 heavy (non-hydrogen) atoms. The van der Waals surface area contributed by atoms with Gasteiger partial charge in [0.2, 0.25) is 11.8 Å². The molecule has 0 radical (unpaired) electrons. The summed E-state index contributed by atoms with van der Waals surface area (Å²) in [6.07, 6.45) is 3.21. The highest BCUT2D eigenvalue weighted by Crippen LogP contribution is 2.16. The fourth-order valence-electron chi connectivity index (χ4n) is 2.07. The van der Waals surface area contributed by atoms with E-state index in [0.29, 0.717) is 11.8 Å². The number of hydrogen-bond donors (Lipinski definition) is 0. The van der Waals surface area contributed by atoms with Crippen LogP contribution in [-0.4, -0.2) is 39.7 Å². The van der Waals surface area contributed by atoms with Gasteiger partial charge in [-0.1, -0.05) is 35.0 Å². The minimum absolute atomic E-state index is 0.0168. The number of aryl methyl sites for hydroxylation is 1. The van der Waals surface area contributed by atoms with Crippen molar-refractivity contribution in [3.63, 3.8) is 0 Å². The van der Waals surface area contributed by atoms with Gasteiger partial charge < -0.3 is 14.2 Å². The van der Waals surface area contributed by atoms with Crippen molar-refractivity contribution in [2.45, 2.75) is 13.5 Å². The molecule has 1 aromatic carbocycles. The molecule has 0 aliphatic rings. The molecule has 2 aromatic heterocycles. The summed E-state index contributed by atoms with van der Waals surface area (Å²) >= 11 is 0. The van der Waals surface area contributed by atoms with Gasteiger partial charge in [-0.3, -0.25) is 4.79 Å². The Balaban J connectivity index is 1.53. The number of benzene rings is 1. The van der Waals surface area contributed by atoms with Gasteiger partial charge in [-0.15, -0.1) is 0 Å². The second-order valence-electron chi connectivity index (χ2n) is 5.44. The number of carbonyl (C=O) groups excluding carboxylic acids is 1. The molecule has 2 heterocycles. The Morgan fingerprint density at radius 1 is 1.20 bits per heavy atom. The van der Waals surface area contributed by atoms with E-state index in [1.807, 2.05) is 31.2 Å². The summed E-state index contributed by atoms with van der Waals surface area (Å²) in [6, 6.07) is 9.45. The Hall–Kier alpha value is -3.29. The van der Waals surface area contributed by atoms with Crippen molar-refractivity contribution in [1.29, 1.82) is 0 Å². The fraction of sp³-hybridized carbons (Fsp3) is 0.235. The number of likely N-dealkylation sites (N-methyl/N-ethyl adjacent to an activating group) is 1. The summed E-state index contributed by atoms with van der Waals surface area (Å²) in [5.74, 6) is 0.701. The molecule has 0 spiro atoms. The molecule has 0 saturated heterocycles. The first-order chi connectivity index (χ1) is 12.1. The average Bonchev–Trinajstić information content (AvgIpc) is 3.10. The van der Waals surface area contributed by atoms with Gasteiger partial charge in [-0.25, -0.2) is 9.97 Å². The van der Waals surface area contributed by atoms with E-state index >= 15 is 0 Å². The van der Waals surface area contributed by atoms with Gasteiger partial charge in [0.15, 0.2) is 6.61 Å². The van der Waals surface area contributed by atoms with E-state index < -0.39 is 5.97 Å². The van der Waals surface area contributed by atoms with Gasteiger partial charge >= 0.3 is 5.97 Å². The first kappa shape index (κ1) is 16.6. The predicted molar refractivity (Wildman–Crippen MR) is 89.6 cm³/mol. The number of nitrogens with zero attached hydrogens (tertiary/aromatic N) is 5. The lowest BCUT2D eigenvalue weighted by atomic mass is 10.1. The number of rotatable bonds is 6. The van der Waals surface area contributed by atoms with Crippen LogP contribution >= 0.6 is 0 Å². The van der Waals surface area contributed by atoms with E-state index in [-0.39, 0.29) is 19.0 Å². The SMILES string of the molecule is Cc1ccc(-c2noc(COC(=O)CN(C)c3ncccn3)n2)cc1. The van der Waals surface area contributed by atoms with Crippen molar-refractivity contribution in [2.75, 3.05) is 18.5 Å². The topological polar surface area (TPSA) is 94.2 Å². The van der Waals surface area contributed by atoms with Crippen LogP contribution in [0, 0.1) is 6.92 Å². The smallest absolute Gasteiger partial charge is 0.326 e. The van der Waals surface area contributed by atoms with Crippen LogP contribution in [0.2, 0.25) is 0 Å². The van der Waals surface area contributed by atoms with Crippen LogP contribution in [0.1, 0.15) is 11.5 Å². The molecule has 0 bridgehead atoms. The second kappa shape index (κ2) is 7.52. The van der Waals surface area contributed by atoms with E-state index in [0.717, 1.165) is 11.1 Å². The van der Waals surface area contributed by atoms with Crippen LogP contribution < -0.4 is 4.90 Å². The van der Waals surface area contributed by atoms with Crippen LogP contribution in [0.15, 0.2) is 47.2 Å². The molecule has 3 aromatic rings. The van der Waals surface area contributed by atoms with Crippen molar-refractivity contribution < 1.29 is 14.1 Å². The lowest BCUT2D eigenvalue weighted by Gasteiger charge is -2.14. The Bertz CT molecular complexity index is 833. The number of carbonyl (C=O) groups is 1. The summed E-state index contributed by atoms with van der Waals surface area (Å²) in [4.78, 5) is 25.8. The third kappa shape index (κ3) is 4.37. The van der Waals surface area contributed by atoms with Gasteiger partial charge in [0.25, 0.3) is 5.89 Å². The highest BCUT2D eigenvalue weighted by Gasteiger charge is 2.13. The van der Waals surface area contributed by atoms with Gasteiger partial charge in [-0.2, -0.15) is 4.98 Å². The van der Waals surface area contributed by atoms with E-state index in [1.165, 1.54) is 0 Å². The molecule has 8 nitrogen and oxygen atoms in total. The lowest BCUT2D eigenvalue weighted by Crippen LogP contribution is -2.28. The predicted octanol–water partition coefficient (Wildman–Crippen LogP) is 2.01. The van der Waals surface area contributed by atoms with Crippen molar-refractivity contribution in [1.82, 2.24) is 20.1 Å². The van der Waals surface area contributed by atoms with Crippen molar-refractivity contribution in [3.8, 4) is 11.4 Å². The quantitative estimate of drug-likeness (QED) is 0.630. The third-order valence-electron chi connectivity index (χ3n) is 3.39. The highest BCUT2D eigenvalue weighted by atomic mass is 16.6. The second-order valence-corrected chi connectivity index (χ2v) is 5.44. The molecular weight excluding hydrogens is 322 g/mol. The Labute approximate surface area is 144 Å². The standard InChI is InChI=1S/C17H17N5O3/c1-12-4-6-13(7-5-12)16-20-14(25-21-16)11-24-15(23)10-22(2)17-18-8-3-9-19-17/h3-9H,10-11H2,1-2H3. The fourth-order valence-corrected chi connectivity index (χ4v) is 2.07. The Morgan fingerprint density at radius 3 is 2.64 bits per heavy atom. The minimum atomic E-state index is -0.440. The highest BCUT2D eigenvalue weighted by molar-refractivity contribution is 5.74. The van der Waals surface area contributed by atoms with Crippen LogP contribution in [-0.2, 0) is 16.1 Å². The minimum Gasteiger partial charge on any atom is -0.454 e. The zero-order valence-electron chi connectivity index (χ0n) is 13.9. The van der Waals surface area contributed by atoms with Gasteiger partial charge in [0.05, 0.1) is 0 Å². The monoisotopic (exact) mass is 339 g/mol. The van der Waals surface area contributed by atoms with Crippen LogP contribution in [0.3, 0.4) is 0 Å². The molecule has 128 valence electrons. The maximum atomic E-state index is 11.9. The van der Waals surface area contributed by atoms with Crippen molar-refractivity contribution in [3.05, 3.63) is 54.2 Å². The first-order valence-electron chi connectivity index (χ1n) is 7.65. The number of aromatic nitrogens is 4. The number of esters is 1. The van der Waals surface area contributed by atoms with Crippen LogP contribution in [0.25, 0.3) is 11.4 Å². The Kier molecular flexibility index (Phi) is 4.98. The molecule has 0 aliphatic heterocycles. The summed E-state index contributed by atoms with van der Waals surface area (Å²) in [5, 5.41) is 3.89. The summed E-state index contributed by atoms with van der Waals surface area (Å²) in [6.45, 7) is 1.94. The third-order valence-corrected chi connectivity index (χ3v) is 3.39.